The van der Waals surface area contributed by atoms with Crippen molar-refractivity contribution in [3.05, 3.63) is 56.2 Å². The van der Waals surface area contributed by atoms with Gasteiger partial charge in [-0.2, -0.15) is 0 Å². The first-order valence-corrected chi connectivity index (χ1v) is 8.01. The van der Waals surface area contributed by atoms with Crippen LogP contribution in [0.15, 0.2) is 33.9 Å². The predicted molar refractivity (Wildman–Crippen MR) is 96.2 cm³/mol. The zero-order valence-corrected chi connectivity index (χ0v) is 14.3. The van der Waals surface area contributed by atoms with Crippen molar-refractivity contribution in [1.29, 1.82) is 0 Å². The van der Waals surface area contributed by atoms with Crippen LogP contribution in [0.25, 0.3) is 0 Å². The number of nitrogen functional groups attached to an aromatic ring is 1. The molecule has 0 amide bonds. The number of carboxylic acid groups (broad SMARTS) is 1. The van der Waals surface area contributed by atoms with Gasteiger partial charge < -0.3 is 15.7 Å². The van der Waals surface area contributed by atoms with Crippen molar-refractivity contribution in [2.24, 2.45) is 0 Å². The maximum Gasteiger partial charge on any atom is 0.335 e. The Balaban J connectivity index is 2.37. The summed E-state index contributed by atoms with van der Waals surface area (Å²) >= 11 is 0. The number of benzene rings is 1. The van der Waals surface area contributed by atoms with Crippen molar-refractivity contribution in [3.63, 3.8) is 0 Å². The van der Waals surface area contributed by atoms with Gasteiger partial charge in [0.15, 0.2) is 0 Å². The van der Waals surface area contributed by atoms with E-state index in [0.29, 0.717) is 12.1 Å². The first-order valence-electron chi connectivity index (χ1n) is 8.01. The number of anilines is 2. The van der Waals surface area contributed by atoms with Gasteiger partial charge in [-0.3, -0.25) is 14.3 Å². The number of nitrogens with zero attached hydrogens (tertiary/aromatic N) is 2. The Morgan fingerprint density at radius 3 is 2.72 bits per heavy atom. The summed E-state index contributed by atoms with van der Waals surface area (Å²) in [5.41, 5.74) is 6.05. The summed E-state index contributed by atoms with van der Waals surface area (Å²) in [7, 11) is 1.67. The summed E-state index contributed by atoms with van der Waals surface area (Å²) < 4.78 is 1.35. The number of aromatic amines is 1. The quantitative estimate of drug-likeness (QED) is 0.694. The van der Waals surface area contributed by atoms with Crippen molar-refractivity contribution in [2.75, 3.05) is 17.7 Å². The van der Waals surface area contributed by atoms with Crippen LogP contribution in [-0.4, -0.2) is 27.7 Å². The van der Waals surface area contributed by atoms with Crippen LogP contribution in [-0.2, 0) is 13.1 Å². The Labute approximate surface area is 144 Å². The Kier molecular flexibility index (Phi) is 5.63. The number of carbonyl (C=O) groups is 1. The lowest BCUT2D eigenvalue weighted by Crippen LogP contribution is -2.37. The van der Waals surface area contributed by atoms with E-state index in [2.05, 4.69) is 4.98 Å². The average molecular weight is 346 g/mol. The molecule has 0 saturated heterocycles. The van der Waals surface area contributed by atoms with Crippen molar-refractivity contribution < 1.29 is 9.90 Å². The lowest BCUT2D eigenvalue weighted by molar-refractivity contribution is 0.0696. The molecule has 0 bridgehead atoms. The van der Waals surface area contributed by atoms with Gasteiger partial charge in [-0.05, 0) is 24.1 Å². The molecule has 25 heavy (non-hydrogen) atoms. The molecular formula is C17H22N4O4. The fourth-order valence-corrected chi connectivity index (χ4v) is 2.64. The summed E-state index contributed by atoms with van der Waals surface area (Å²) in [5.74, 6) is -0.908. The molecule has 1 aromatic carbocycles. The highest BCUT2D eigenvalue weighted by Crippen LogP contribution is 2.18. The summed E-state index contributed by atoms with van der Waals surface area (Å²) in [6, 6.07) is 6.44. The molecule has 2 rings (SSSR count). The van der Waals surface area contributed by atoms with Gasteiger partial charge in [-0.1, -0.05) is 25.5 Å². The summed E-state index contributed by atoms with van der Waals surface area (Å²) in [4.78, 5) is 39.1. The van der Waals surface area contributed by atoms with Crippen molar-refractivity contribution in [1.82, 2.24) is 9.55 Å². The number of hydrogen-bond acceptors (Lipinski definition) is 5. The van der Waals surface area contributed by atoms with Crippen molar-refractivity contribution in [3.8, 4) is 0 Å². The fraction of sp³-hybridized carbons (Fsp3) is 0.353. The first kappa shape index (κ1) is 18.3. The number of unbranched alkanes of at least 4 members (excludes halogenated alkanes) is 1. The lowest BCUT2D eigenvalue weighted by atomic mass is 10.1. The molecule has 0 aliphatic heterocycles. The van der Waals surface area contributed by atoms with Gasteiger partial charge in [0.2, 0.25) is 0 Å². The minimum atomic E-state index is -1.02. The molecule has 4 N–H and O–H groups in total. The zero-order valence-electron chi connectivity index (χ0n) is 14.3. The Morgan fingerprint density at radius 2 is 2.08 bits per heavy atom. The van der Waals surface area contributed by atoms with Crippen LogP contribution in [0.2, 0.25) is 0 Å². The highest BCUT2D eigenvalue weighted by molar-refractivity contribution is 5.87. The molecule has 1 aromatic heterocycles. The highest BCUT2D eigenvalue weighted by atomic mass is 16.4. The molecule has 0 saturated carbocycles. The van der Waals surface area contributed by atoms with Crippen LogP contribution in [0, 0.1) is 0 Å². The third-order valence-electron chi connectivity index (χ3n) is 3.92. The van der Waals surface area contributed by atoms with E-state index in [1.54, 1.807) is 24.1 Å². The van der Waals surface area contributed by atoms with Gasteiger partial charge in [-0.15, -0.1) is 0 Å². The van der Waals surface area contributed by atoms with Crippen LogP contribution >= 0.6 is 0 Å². The minimum absolute atomic E-state index is 0.110. The van der Waals surface area contributed by atoms with E-state index in [9.17, 15) is 14.4 Å². The number of H-pyrrole nitrogens is 1. The molecule has 8 heteroatoms. The highest BCUT2D eigenvalue weighted by Gasteiger charge is 2.16. The zero-order chi connectivity index (χ0) is 18.6. The van der Waals surface area contributed by atoms with Crippen LogP contribution in [0.4, 0.5) is 11.5 Å². The molecule has 2 aromatic rings. The molecule has 0 aliphatic carbocycles. The molecule has 0 fully saturated rings. The van der Waals surface area contributed by atoms with Crippen LogP contribution in [0.5, 0.6) is 0 Å². The third kappa shape index (κ3) is 4.09. The second kappa shape index (κ2) is 7.69. The van der Waals surface area contributed by atoms with E-state index in [1.807, 2.05) is 6.92 Å². The van der Waals surface area contributed by atoms with Crippen LogP contribution < -0.4 is 21.9 Å². The number of nitrogens with one attached hydrogen (secondary N) is 1. The second-order valence-electron chi connectivity index (χ2n) is 5.86. The lowest BCUT2D eigenvalue weighted by Gasteiger charge is -2.22. The summed E-state index contributed by atoms with van der Waals surface area (Å²) in [6.07, 6.45) is 1.65. The largest absolute Gasteiger partial charge is 0.478 e. The van der Waals surface area contributed by atoms with E-state index in [4.69, 9.17) is 10.8 Å². The van der Waals surface area contributed by atoms with E-state index in [-0.39, 0.29) is 23.6 Å². The Morgan fingerprint density at radius 1 is 1.36 bits per heavy atom. The monoisotopic (exact) mass is 346 g/mol. The van der Waals surface area contributed by atoms with Gasteiger partial charge in [0, 0.05) is 20.1 Å². The van der Waals surface area contributed by atoms with Crippen LogP contribution in [0.3, 0.4) is 0 Å². The van der Waals surface area contributed by atoms with E-state index >= 15 is 0 Å². The maximum absolute atomic E-state index is 12.2. The molecule has 0 aliphatic rings. The van der Waals surface area contributed by atoms with Gasteiger partial charge in [0.05, 0.1) is 5.56 Å². The molecule has 1 heterocycles. The number of rotatable bonds is 7. The standard InChI is InChI=1S/C17H22N4O4/c1-3-4-8-21-14(18)13(15(22)19-17(21)25)20(2)10-11-6-5-7-12(9-11)16(23)24/h5-7,9H,3-4,8,10,18H2,1-2H3,(H,23,24)(H,19,22,25). The van der Waals surface area contributed by atoms with Crippen molar-refractivity contribution >= 4 is 17.5 Å². The van der Waals surface area contributed by atoms with E-state index in [0.717, 1.165) is 12.8 Å². The average Bonchev–Trinajstić information content (AvgIpc) is 2.54. The SMILES string of the molecule is CCCCn1c(N)c(N(C)Cc2cccc(C(=O)O)c2)c(=O)[nH]c1=O. The summed E-state index contributed by atoms with van der Waals surface area (Å²) in [6.45, 7) is 2.70. The van der Waals surface area contributed by atoms with E-state index in [1.165, 1.54) is 16.7 Å². The number of carboxylic acids is 1. The molecule has 8 nitrogen and oxygen atoms in total. The second-order valence-corrected chi connectivity index (χ2v) is 5.86. The van der Waals surface area contributed by atoms with Gasteiger partial charge in [0.1, 0.15) is 11.5 Å². The third-order valence-corrected chi connectivity index (χ3v) is 3.92. The Hall–Kier alpha value is -3.03. The fourth-order valence-electron chi connectivity index (χ4n) is 2.64. The molecule has 0 unspecified atom stereocenters. The topological polar surface area (TPSA) is 121 Å². The minimum Gasteiger partial charge on any atom is -0.478 e. The molecule has 0 radical (unpaired) electrons. The molecule has 0 atom stereocenters. The predicted octanol–water partition coefficient (Wildman–Crippen LogP) is 1.25. The van der Waals surface area contributed by atoms with Gasteiger partial charge in [-0.25, -0.2) is 9.59 Å². The number of aromatic nitrogens is 2. The molecular weight excluding hydrogens is 324 g/mol. The molecule has 134 valence electrons. The van der Waals surface area contributed by atoms with Crippen molar-refractivity contribution in [2.45, 2.75) is 32.9 Å². The van der Waals surface area contributed by atoms with Gasteiger partial charge in [0.25, 0.3) is 5.56 Å². The first-order chi connectivity index (χ1) is 11.8. The number of hydrogen-bond donors (Lipinski definition) is 3. The Bertz CT molecular complexity index is 885. The van der Waals surface area contributed by atoms with Crippen LogP contribution in [0.1, 0.15) is 35.7 Å². The van der Waals surface area contributed by atoms with Gasteiger partial charge >= 0.3 is 11.7 Å². The number of nitrogens with two attached hydrogens (primary N) is 1. The molecule has 0 spiro atoms. The normalized spacial score (nSPS) is 10.6. The van der Waals surface area contributed by atoms with E-state index < -0.39 is 17.2 Å². The maximum atomic E-state index is 12.2. The smallest absolute Gasteiger partial charge is 0.335 e. The number of aromatic carboxylic acids is 1. The summed E-state index contributed by atoms with van der Waals surface area (Å²) in [5, 5.41) is 9.07.